The fourth-order valence-corrected chi connectivity index (χ4v) is 3.51. The molecule has 4 heterocycles. The second-order valence-electron chi connectivity index (χ2n) is 7.27. The quantitative estimate of drug-likeness (QED) is 0.675. The first-order valence-electron chi connectivity index (χ1n) is 9.46. The number of ether oxygens (including phenoxy) is 2. The van der Waals surface area contributed by atoms with Gasteiger partial charge in [0.25, 0.3) is 0 Å². The lowest BCUT2D eigenvalue weighted by molar-refractivity contribution is -0.119. The molecule has 28 heavy (non-hydrogen) atoms. The summed E-state index contributed by atoms with van der Waals surface area (Å²) in [5.41, 5.74) is 2.64. The lowest BCUT2D eigenvalue weighted by atomic mass is 10.0. The first-order chi connectivity index (χ1) is 13.5. The van der Waals surface area contributed by atoms with E-state index in [4.69, 9.17) is 14.5 Å². The predicted molar refractivity (Wildman–Crippen MR) is 105 cm³/mol. The van der Waals surface area contributed by atoms with E-state index in [0.29, 0.717) is 25.5 Å². The molecule has 4 rings (SSSR count). The van der Waals surface area contributed by atoms with Crippen molar-refractivity contribution in [2.45, 2.75) is 26.0 Å². The van der Waals surface area contributed by atoms with Crippen molar-refractivity contribution in [3.63, 3.8) is 0 Å². The van der Waals surface area contributed by atoms with Crippen molar-refractivity contribution in [3.05, 3.63) is 30.7 Å². The van der Waals surface area contributed by atoms with E-state index in [1.54, 1.807) is 11.8 Å². The standard InChI is InChI=1S/C20H25N5O3/c1-13(15-8-19(26)21-10-15)28-20-16-12-24(2)23-18(16)9-17(22-20)14-4-5-25(11-14)6-7-27-3/h4-5,9,11-13,15H,6-8,10H2,1-3H3,(H,21,26)/t13-,15-/m1/s1. The first-order valence-corrected chi connectivity index (χ1v) is 9.46. The maximum absolute atomic E-state index is 11.5. The van der Waals surface area contributed by atoms with Crippen LogP contribution in [-0.4, -0.2) is 51.6 Å². The van der Waals surface area contributed by atoms with Gasteiger partial charge in [0.1, 0.15) is 6.10 Å². The van der Waals surface area contributed by atoms with Gasteiger partial charge in [0.05, 0.1) is 23.2 Å². The molecule has 1 aliphatic heterocycles. The smallest absolute Gasteiger partial charge is 0.225 e. The summed E-state index contributed by atoms with van der Waals surface area (Å²) in [5.74, 6) is 0.767. The van der Waals surface area contributed by atoms with Gasteiger partial charge in [-0.05, 0) is 19.1 Å². The van der Waals surface area contributed by atoms with E-state index in [1.165, 1.54) is 0 Å². The Hall–Kier alpha value is -2.87. The van der Waals surface area contributed by atoms with Gasteiger partial charge in [-0.25, -0.2) is 4.98 Å². The van der Waals surface area contributed by atoms with Crippen LogP contribution in [0.4, 0.5) is 0 Å². The predicted octanol–water partition coefficient (Wildman–Crippen LogP) is 1.99. The van der Waals surface area contributed by atoms with Gasteiger partial charge in [-0.2, -0.15) is 5.10 Å². The van der Waals surface area contributed by atoms with Crippen LogP contribution in [0.3, 0.4) is 0 Å². The van der Waals surface area contributed by atoms with Gasteiger partial charge in [-0.15, -0.1) is 0 Å². The Morgan fingerprint density at radius 1 is 1.39 bits per heavy atom. The summed E-state index contributed by atoms with van der Waals surface area (Å²) in [6, 6.07) is 4.00. The zero-order chi connectivity index (χ0) is 19.7. The molecule has 148 valence electrons. The number of aryl methyl sites for hydroxylation is 1. The molecule has 3 aromatic rings. The summed E-state index contributed by atoms with van der Waals surface area (Å²) in [6.45, 7) is 4.06. The van der Waals surface area contributed by atoms with Crippen LogP contribution in [0, 0.1) is 5.92 Å². The fraction of sp³-hybridized carbons (Fsp3) is 0.450. The number of methoxy groups -OCH3 is 1. The van der Waals surface area contributed by atoms with Crippen LogP contribution in [0.2, 0.25) is 0 Å². The molecule has 0 aromatic carbocycles. The Bertz CT molecular complexity index is 993. The van der Waals surface area contributed by atoms with Crippen molar-refractivity contribution in [2.24, 2.45) is 13.0 Å². The number of hydrogen-bond acceptors (Lipinski definition) is 5. The summed E-state index contributed by atoms with van der Waals surface area (Å²) in [5, 5.41) is 8.27. The van der Waals surface area contributed by atoms with E-state index in [-0.39, 0.29) is 17.9 Å². The number of pyridine rings is 1. The zero-order valence-corrected chi connectivity index (χ0v) is 16.4. The third-order valence-electron chi connectivity index (χ3n) is 5.15. The summed E-state index contributed by atoms with van der Waals surface area (Å²) < 4.78 is 15.2. The van der Waals surface area contributed by atoms with Gasteiger partial charge in [0, 0.05) is 63.7 Å². The zero-order valence-electron chi connectivity index (χ0n) is 16.4. The lowest BCUT2D eigenvalue weighted by Crippen LogP contribution is -2.26. The molecule has 8 nitrogen and oxygen atoms in total. The number of rotatable bonds is 7. The fourth-order valence-electron chi connectivity index (χ4n) is 3.51. The molecule has 1 saturated heterocycles. The molecular weight excluding hydrogens is 358 g/mol. The van der Waals surface area contributed by atoms with Gasteiger partial charge in [-0.1, -0.05) is 0 Å². The third-order valence-corrected chi connectivity index (χ3v) is 5.15. The topological polar surface area (TPSA) is 83.2 Å². The number of carbonyl (C=O) groups is 1. The molecule has 1 fully saturated rings. The van der Waals surface area contributed by atoms with E-state index in [1.807, 2.05) is 44.7 Å². The number of nitrogens with one attached hydrogen (secondary N) is 1. The minimum Gasteiger partial charge on any atom is -0.474 e. The van der Waals surface area contributed by atoms with Crippen molar-refractivity contribution in [1.29, 1.82) is 0 Å². The van der Waals surface area contributed by atoms with Crippen molar-refractivity contribution in [1.82, 2.24) is 24.6 Å². The summed E-state index contributed by atoms with van der Waals surface area (Å²) >= 11 is 0. The molecular formula is C20H25N5O3. The molecule has 0 radical (unpaired) electrons. The third kappa shape index (κ3) is 3.73. The average molecular weight is 383 g/mol. The van der Waals surface area contributed by atoms with Crippen LogP contribution >= 0.6 is 0 Å². The van der Waals surface area contributed by atoms with Gasteiger partial charge in [0.2, 0.25) is 11.8 Å². The molecule has 1 aliphatic rings. The molecule has 1 N–H and O–H groups in total. The number of fused-ring (bicyclic) bond motifs is 1. The van der Waals surface area contributed by atoms with Crippen LogP contribution in [0.5, 0.6) is 5.88 Å². The van der Waals surface area contributed by atoms with Crippen molar-refractivity contribution in [3.8, 4) is 17.1 Å². The van der Waals surface area contributed by atoms with Crippen molar-refractivity contribution >= 4 is 16.8 Å². The summed E-state index contributed by atoms with van der Waals surface area (Å²) in [7, 11) is 3.58. The molecule has 1 amide bonds. The number of carbonyl (C=O) groups excluding carboxylic acids is 1. The van der Waals surface area contributed by atoms with E-state index in [2.05, 4.69) is 15.0 Å². The second kappa shape index (κ2) is 7.63. The Balaban J connectivity index is 1.65. The highest BCUT2D eigenvalue weighted by Gasteiger charge is 2.29. The van der Waals surface area contributed by atoms with Gasteiger partial charge in [-0.3, -0.25) is 9.48 Å². The largest absolute Gasteiger partial charge is 0.474 e. The molecule has 0 unspecified atom stereocenters. The molecule has 0 spiro atoms. The number of aromatic nitrogens is 4. The molecule has 0 aliphatic carbocycles. The van der Waals surface area contributed by atoms with Crippen LogP contribution in [0.25, 0.3) is 22.2 Å². The maximum atomic E-state index is 11.5. The minimum absolute atomic E-state index is 0.0751. The SMILES string of the molecule is COCCn1ccc(-c2cc3nn(C)cc3c(O[C@H](C)[C@H]3CNC(=O)C3)n2)c1. The highest BCUT2D eigenvalue weighted by molar-refractivity contribution is 5.86. The Morgan fingerprint density at radius 2 is 2.25 bits per heavy atom. The number of hydrogen-bond donors (Lipinski definition) is 1. The monoisotopic (exact) mass is 383 g/mol. The van der Waals surface area contributed by atoms with Crippen LogP contribution < -0.4 is 10.1 Å². The first kappa shape index (κ1) is 18.5. The number of amides is 1. The Kier molecular flexibility index (Phi) is 5.04. The number of nitrogens with zero attached hydrogens (tertiary/aromatic N) is 4. The summed E-state index contributed by atoms with van der Waals surface area (Å²) in [6.07, 6.45) is 6.33. The molecule has 8 heteroatoms. The molecule has 2 atom stereocenters. The van der Waals surface area contributed by atoms with Crippen LogP contribution in [0.1, 0.15) is 13.3 Å². The summed E-state index contributed by atoms with van der Waals surface area (Å²) in [4.78, 5) is 16.3. The maximum Gasteiger partial charge on any atom is 0.225 e. The average Bonchev–Trinajstić information content (AvgIpc) is 3.38. The van der Waals surface area contributed by atoms with Gasteiger partial charge >= 0.3 is 0 Å². The highest BCUT2D eigenvalue weighted by Crippen LogP contribution is 2.30. The Labute approximate surface area is 163 Å². The van der Waals surface area contributed by atoms with Gasteiger partial charge < -0.3 is 19.4 Å². The second-order valence-corrected chi connectivity index (χ2v) is 7.27. The van der Waals surface area contributed by atoms with E-state index in [9.17, 15) is 4.79 Å². The van der Waals surface area contributed by atoms with Crippen LogP contribution in [0.15, 0.2) is 30.7 Å². The minimum atomic E-state index is -0.128. The lowest BCUT2D eigenvalue weighted by Gasteiger charge is -2.19. The van der Waals surface area contributed by atoms with Gasteiger partial charge in [0.15, 0.2) is 0 Å². The van der Waals surface area contributed by atoms with E-state index >= 15 is 0 Å². The van der Waals surface area contributed by atoms with Crippen LogP contribution in [-0.2, 0) is 23.1 Å². The Morgan fingerprint density at radius 3 is 3.00 bits per heavy atom. The van der Waals surface area contributed by atoms with E-state index in [0.717, 1.165) is 28.7 Å². The molecule has 0 saturated carbocycles. The van der Waals surface area contributed by atoms with Crippen molar-refractivity contribution in [2.75, 3.05) is 20.3 Å². The molecule has 3 aromatic heterocycles. The van der Waals surface area contributed by atoms with Crippen molar-refractivity contribution < 1.29 is 14.3 Å². The highest BCUT2D eigenvalue weighted by atomic mass is 16.5. The normalized spacial score (nSPS) is 17.8. The van der Waals surface area contributed by atoms with E-state index < -0.39 is 0 Å². The molecule has 0 bridgehead atoms.